The van der Waals surface area contributed by atoms with Crippen molar-refractivity contribution in [3.8, 4) is 0 Å². The topological polar surface area (TPSA) is 29.5 Å². The molecule has 3 heterocycles. The standard InChI is InChI=1S/C15H25NO2/c1-10-8-12-5-3-4-11-6-7-13(15(17)18-2)14(9-10)16(11)12/h10-14H,3-9H2,1-2H3/t10-,11-,12+,13+,14+/m1/s1. The van der Waals surface area contributed by atoms with Gasteiger partial charge in [0, 0.05) is 18.1 Å². The van der Waals surface area contributed by atoms with Gasteiger partial charge in [0.05, 0.1) is 13.0 Å². The molecule has 18 heavy (non-hydrogen) atoms. The van der Waals surface area contributed by atoms with Crippen LogP contribution in [0.5, 0.6) is 0 Å². The number of methoxy groups -OCH3 is 1. The minimum atomic E-state index is 0.0249. The molecular weight excluding hydrogens is 226 g/mol. The Balaban J connectivity index is 1.85. The van der Waals surface area contributed by atoms with Crippen molar-refractivity contribution in [3.63, 3.8) is 0 Å². The molecule has 3 fully saturated rings. The normalized spacial score (nSPS) is 44.2. The third kappa shape index (κ3) is 1.97. The number of ether oxygens (including phenoxy) is 1. The van der Waals surface area contributed by atoms with Gasteiger partial charge in [0.2, 0.25) is 0 Å². The largest absolute Gasteiger partial charge is 0.469 e. The van der Waals surface area contributed by atoms with Crippen molar-refractivity contribution in [1.29, 1.82) is 0 Å². The van der Waals surface area contributed by atoms with Crippen LogP contribution in [-0.2, 0) is 9.53 Å². The Hall–Kier alpha value is -0.570. The van der Waals surface area contributed by atoms with Gasteiger partial charge in [-0.15, -0.1) is 0 Å². The molecule has 3 rings (SSSR count). The molecule has 0 aromatic carbocycles. The molecule has 3 nitrogen and oxygen atoms in total. The number of carbonyl (C=O) groups excluding carboxylic acids is 1. The number of carbonyl (C=O) groups is 1. The summed E-state index contributed by atoms with van der Waals surface area (Å²) < 4.78 is 5.03. The minimum Gasteiger partial charge on any atom is -0.469 e. The molecule has 5 atom stereocenters. The Morgan fingerprint density at radius 2 is 1.89 bits per heavy atom. The predicted molar refractivity (Wildman–Crippen MR) is 70.2 cm³/mol. The van der Waals surface area contributed by atoms with Crippen LogP contribution in [0.4, 0.5) is 0 Å². The first-order valence-electron chi connectivity index (χ1n) is 7.56. The van der Waals surface area contributed by atoms with Crippen molar-refractivity contribution in [2.45, 2.75) is 70.0 Å². The summed E-state index contributed by atoms with van der Waals surface area (Å²) >= 11 is 0. The van der Waals surface area contributed by atoms with Crippen molar-refractivity contribution < 1.29 is 9.53 Å². The van der Waals surface area contributed by atoms with Crippen LogP contribution in [0.25, 0.3) is 0 Å². The molecule has 0 radical (unpaired) electrons. The average molecular weight is 251 g/mol. The molecule has 0 N–H and O–H groups in total. The summed E-state index contributed by atoms with van der Waals surface area (Å²) in [6.07, 6.45) is 8.82. The first-order valence-corrected chi connectivity index (χ1v) is 7.56. The van der Waals surface area contributed by atoms with Crippen molar-refractivity contribution >= 4 is 5.97 Å². The average Bonchev–Trinajstić information content (AvgIpc) is 2.38. The molecule has 3 aliphatic heterocycles. The molecule has 3 heteroatoms. The summed E-state index contributed by atoms with van der Waals surface area (Å²) in [7, 11) is 1.54. The zero-order valence-corrected chi connectivity index (χ0v) is 11.6. The van der Waals surface area contributed by atoms with Gasteiger partial charge in [-0.3, -0.25) is 9.69 Å². The molecule has 0 bridgehead atoms. The van der Waals surface area contributed by atoms with Crippen LogP contribution in [0.1, 0.15) is 51.9 Å². The third-order valence-electron chi connectivity index (χ3n) is 5.40. The third-order valence-corrected chi connectivity index (χ3v) is 5.40. The van der Waals surface area contributed by atoms with Gasteiger partial charge in [-0.25, -0.2) is 0 Å². The molecule has 0 aromatic rings. The molecule has 0 aromatic heterocycles. The highest BCUT2D eigenvalue weighted by atomic mass is 16.5. The van der Waals surface area contributed by atoms with E-state index in [-0.39, 0.29) is 11.9 Å². The second-order valence-corrected chi connectivity index (χ2v) is 6.54. The van der Waals surface area contributed by atoms with Crippen LogP contribution < -0.4 is 0 Å². The quantitative estimate of drug-likeness (QED) is 0.671. The van der Waals surface area contributed by atoms with Crippen molar-refractivity contribution in [2.75, 3.05) is 7.11 Å². The summed E-state index contributed by atoms with van der Waals surface area (Å²) in [5.41, 5.74) is 0. The SMILES string of the molecule is COC(=O)[C@H]1CC[C@H]2CCC[C@H]3C[C@@H](C)C[C@@H]1N23. The molecule has 3 aliphatic rings. The summed E-state index contributed by atoms with van der Waals surface area (Å²) in [5.74, 6) is 0.923. The molecule has 0 spiro atoms. The van der Waals surface area contributed by atoms with Gasteiger partial charge in [-0.1, -0.05) is 13.3 Å². The van der Waals surface area contributed by atoms with E-state index in [1.54, 1.807) is 0 Å². The number of hydrogen-bond donors (Lipinski definition) is 0. The molecule has 102 valence electrons. The fourth-order valence-electron chi connectivity index (χ4n) is 4.72. The van der Waals surface area contributed by atoms with E-state index in [0.29, 0.717) is 6.04 Å². The van der Waals surface area contributed by atoms with E-state index in [4.69, 9.17) is 4.74 Å². The van der Waals surface area contributed by atoms with Crippen molar-refractivity contribution in [1.82, 2.24) is 4.90 Å². The first-order chi connectivity index (χ1) is 8.70. The zero-order valence-electron chi connectivity index (χ0n) is 11.6. The smallest absolute Gasteiger partial charge is 0.310 e. The van der Waals surface area contributed by atoms with Gasteiger partial charge in [-0.2, -0.15) is 0 Å². The number of nitrogens with zero attached hydrogens (tertiary/aromatic N) is 1. The second-order valence-electron chi connectivity index (χ2n) is 6.54. The predicted octanol–water partition coefficient (Wildman–Crippen LogP) is 2.59. The lowest BCUT2D eigenvalue weighted by Gasteiger charge is -2.56. The van der Waals surface area contributed by atoms with E-state index in [2.05, 4.69) is 11.8 Å². The van der Waals surface area contributed by atoms with E-state index in [9.17, 15) is 4.79 Å². The van der Waals surface area contributed by atoms with Gasteiger partial charge in [0.15, 0.2) is 0 Å². The second kappa shape index (κ2) is 4.84. The number of rotatable bonds is 1. The van der Waals surface area contributed by atoms with Crippen LogP contribution in [0.15, 0.2) is 0 Å². The number of piperidine rings is 3. The minimum absolute atomic E-state index is 0.0249. The fraction of sp³-hybridized carbons (Fsp3) is 0.933. The van der Waals surface area contributed by atoms with E-state index in [0.717, 1.165) is 24.4 Å². The Kier molecular flexibility index (Phi) is 3.35. The Bertz CT molecular complexity index is 330. The van der Waals surface area contributed by atoms with Crippen LogP contribution in [0.3, 0.4) is 0 Å². The number of hydrogen-bond acceptors (Lipinski definition) is 3. The Morgan fingerprint density at radius 1 is 1.11 bits per heavy atom. The lowest BCUT2D eigenvalue weighted by Crippen LogP contribution is -2.62. The van der Waals surface area contributed by atoms with Gasteiger partial charge in [-0.05, 0) is 44.4 Å². The highest BCUT2D eigenvalue weighted by Crippen LogP contribution is 2.44. The maximum absolute atomic E-state index is 12.0. The Morgan fingerprint density at radius 3 is 2.67 bits per heavy atom. The summed E-state index contributed by atoms with van der Waals surface area (Å²) in [4.78, 5) is 14.7. The van der Waals surface area contributed by atoms with E-state index >= 15 is 0 Å². The van der Waals surface area contributed by atoms with Gasteiger partial charge >= 0.3 is 5.97 Å². The van der Waals surface area contributed by atoms with Crippen LogP contribution in [0, 0.1) is 11.8 Å². The highest BCUT2D eigenvalue weighted by Gasteiger charge is 2.48. The van der Waals surface area contributed by atoms with Crippen molar-refractivity contribution in [3.05, 3.63) is 0 Å². The van der Waals surface area contributed by atoms with Gasteiger partial charge < -0.3 is 4.74 Å². The van der Waals surface area contributed by atoms with Gasteiger partial charge in [0.25, 0.3) is 0 Å². The van der Waals surface area contributed by atoms with E-state index < -0.39 is 0 Å². The molecule has 3 saturated heterocycles. The van der Waals surface area contributed by atoms with E-state index in [1.165, 1.54) is 45.6 Å². The maximum atomic E-state index is 12.0. The number of esters is 1. The molecule has 0 unspecified atom stereocenters. The lowest BCUT2D eigenvalue weighted by molar-refractivity contribution is -0.156. The zero-order chi connectivity index (χ0) is 12.7. The first kappa shape index (κ1) is 12.5. The van der Waals surface area contributed by atoms with Crippen LogP contribution in [0.2, 0.25) is 0 Å². The van der Waals surface area contributed by atoms with Crippen LogP contribution in [-0.4, -0.2) is 36.1 Å². The molecule has 0 aliphatic carbocycles. The molecular formula is C15H25NO2. The molecule has 0 amide bonds. The Labute approximate surface area is 110 Å². The highest BCUT2D eigenvalue weighted by molar-refractivity contribution is 5.73. The summed E-state index contributed by atoms with van der Waals surface area (Å²) in [6, 6.07) is 1.96. The van der Waals surface area contributed by atoms with Crippen molar-refractivity contribution in [2.24, 2.45) is 11.8 Å². The van der Waals surface area contributed by atoms with Gasteiger partial charge in [0.1, 0.15) is 0 Å². The maximum Gasteiger partial charge on any atom is 0.310 e. The summed E-state index contributed by atoms with van der Waals surface area (Å²) in [5, 5.41) is 0. The lowest BCUT2D eigenvalue weighted by atomic mass is 9.71. The summed E-state index contributed by atoms with van der Waals surface area (Å²) in [6.45, 7) is 2.35. The van der Waals surface area contributed by atoms with E-state index in [1.807, 2.05) is 0 Å². The molecule has 0 saturated carbocycles. The fourth-order valence-corrected chi connectivity index (χ4v) is 4.72. The monoisotopic (exact) mass is 251 g/mol. The van der Waals surface area contributed by atoms with Crippen LogP contribution >= 0.6 is 0 Å².